The average Bonchev–Trinajstić information content (AvgIpc) is 3.12. The number of carbonyl (C=O) groups excluding carboxylic acids is 2. The molecule has 2 amide bonds. The van der Waals surface area contributed by atoms with Crippen molar-refractivity contribution in [3.8, 4) is 0 Å². The van der Waals surface area contributed by atoms with Crippen LogP contribution < -0.4 is 10.6 Å². The minimum atomic E-state index is -0.180. The van der Waals surface area contributed by atoms with Gasteiger partial charge in [-0.2, -0.15) is 0 Å². The third-order valence-electron chi connectivity index (χ3n) is 4.85. The van der Waals surface area contributed by atoms with E-state index in [1.54, 1.807) is 6.33 Å². The highest BCUT2D eigenvalue weighted by Gasteiger charge is 2.26. The topological polar surface area (TPSA) is 88.9 Å². The number of hydrogen-bond donors (Lipinski definition) is 2. The van der Waals surface area contributed by atoms with E-state index in [1.807, 2.05) is 60.1 Å². The molecular formula is C21H21N5O2S. The average molecular weight is 407 g/mol. The predicted molar refractivity (Wildman–Crippen MR) is 112 cm³/mol. The molecule has 2 heterocycles. The Morgan fingerprint density at radius 1 is 1.24 bits per heavy atom. The van der Waals surface area contributed by atoms with Crippen LogP contribution in [0.25, 0.3) is 0 Å². The minimum absolute atomic E-state index is 0.0124. The minimum Gasteiger partial charge on any atom is -0.326 e. The van der Waals surface area contributed by atoms with E-state index in [2.05, 4.69) is 20.8 Å². The number of hydrogen-bond acceptors (Lipinski definition) is 5. The molecule has 1 unspecified atom stereocenters. The van der Waals surface area contributed by atoms with E-state index in [9.17, 15) is 9.59 Å². The van der Waals surface area contributed by atoms with Crippen LogP contribution in [0.4, 0.5) is 11.4 Å². The Kier molecular flexibility index (Phi) is 5.62. The maximum absolute atomic E-state index is 12.3. The van der Waals surface area contributed by atoms with Crippen LogP contribution in [0.5, 0.6) is 0 Å². The Bertz CT molecular complexity index is 1030. The highest BCUT2D eigenvalue weighted by Crippen LogP contribution is 2.28. The third-order valence-corrected chi connectivity index (χ3v) is 5.91. The van der Waals surface area contributed by atoms with Crippen LogP contribution in [0.15, 0.2) is 64.9 Å². The summed E-state index contributed by atoms with van der Waals surface area (Å²) in [6.45, 7) is 0. The van der Waals surface area contributed by atoms with Gasteiger partial charge in [-0.05, 0) is 60.5 Å². The fourth-order valence-corrected chi connectivity index (χ4v) is 4.01. The number of carbonyl (C=O) groups is 2. The largest absolute Gasteiger partial charge is 0.326 e. The quantitative estimate of drug-likeness (QED) is 0.653. The van der Waals surface area contributed by atoms with Crippen LogP contribution in [0.2, 0.25) is 0 Å². The summed E-state index contributed by atoms with van der Waals surface area (Å²) < 4.78 is 1.85. The molecule has 3 aromatic rings. The SMILES string of the molecule is Cn1cnnc1Sc1ccc(NC(=O)CCC2Cc3ccccc3NC2=O)cc1. The Labute approximate surface area is 172 Å². The zero-order valence-electron chi connectivity index (χ0n) is 16.0. The van der Waals surface area contributed by atoms with Gasteiger partial charge >= 0.3 is 0 Å². The fraction of sp³-hybridized carbons (Fsp3) is 0.238. The van der Waals surface area contributed by atoms with Gasteiger partial charge in [-0.3, -0.25) is 9.59 Å². The van der Waals surface area contributed by atoms with Crippen molar-refractivity contribution in [3.63, 3.8) is 0 Å². The maximum atomic E-state index is 12.3. The van der Waals surface area contributed by atoms with E-state index >= 15 is 0 Å². The zero-order chi connectivity index (χ0) is 20.2. The Morgan fingerprint density at radius 3 is 2.79 bits per heavy atom. The first kappa shape index (κ1) is 19.2. The van der Waals surface area contributed by atoms with Crippen LogP contribution >= 0.6 is 11.8 Å². The van der Waals surface area contributed by atoms with Crippen LogP contribution in [-0.4, -0.2) is 26.6 Å². The van der Waals surface area contributed by atoms with Gasteiger partial charge < -0.3 is 15.2 Å². The molecular weight excluding hydrogens is 386 g/mol. The lowest BCUT2D eigenvalue weighted by Crippen LogP contribution is -2.30. The number of aromatic nitrogens is 3. The first-order chi connectivity index (χ1) is 14.1. The van der Waals surface area contributed by atoms with E-state index in [0.29, 0.717) is 19.3 Å². The summed E-state index contributed by atoms with van der Waals surface area (Å²) in [5.74, 6) is -0.284. The molecule has 0 saturated carbocycles. The lowest BCUT2D eigenvalue weighted by atomic mass is 9.89. The van der Waals surface area contributed by atoms with Gasteiger partial charge in [0.15, 0.2) is 5.16 Å². The molecule has 1 aliphatic rings. The maximum Gasteiger partial charge on any atom is 0.227 e. The van der Waals surface area contributed by atoms with E-state index in [-0.39, 0.29) is 17.7 Å². The highest BCUT2D eigenvalue weighted by atomic mass is 32.2. The van der Waals surface area contributed by atoms with Crippen molar-refractivity contribution < 1.29 is 9.59 Å². The van der Waals surface area contributed by atoms with Gasteiger partial charge in [0.25, 0.3) is 0 Å². The summed E-state index contributed by atoms with van der Waals surface area (Å²) in [4.78, 5) is 25.6. The van der Waals surface area contributed by atoms with Crippen molar-refractivity contribution in [1.82, 2.24) is 14.8 Å². The number of nitrogens with zero attached hydrogens (tertiary/aromatic N) is 3. The summed E-state index contributed by atoms with van der Waals surface area (Å²) in [5.41, 5.74) is 2.72. The smallest absolute Gasteiger partial charge is 0.227 e. The zero-order valence-corrected chi connectivity index (χ0v) is 16.8. The number of fused-ring (bicyclic) bond motifs is 1. The van der Waals surface area contributed by atoms with Crippen molar-refractivity contribution in [2.75, 3.05) is 10.6 Å². The van der Waals surface area contributed by atoms with Crippen molar-refractivity contribution >= 4 is 35.0 Å². The predicted octanol–water partition coefficient (Wildman–Crippen LogP) is 3.50. The van der Waals surface area contributed by atoms with Gasteiger partial charge in [0.1, 0.15) is 6.33 Å². The van der Waals surface area contributed by atoms with Gasteiger partial charge in [0.2, 0.25) is 11.8 Å². The van der Waals surface area contributed by atoms with Gasteiger partial charge in [0, 0.05) is 35.7 Å². The molecule has 0 saturated heterocycles. The molecule has 4 rings (SSSR count). The monoisotopic (exact) mass is 407 g/mol. The Hall–Kier alpha value is -3.13. The second-order valence-electron chi connectivity index (χ2n) is 6.99. The van der Waals surface area contributed by atoms with E-state index < -0.39 is 0 Å². The number of para-hydroxylation sites is 1. The number of amides is 2. The van der Waals surface area contributed by atoms with E-state index in [1.165, 1.54) is 11.8 Å². The first-order valence-electron chi connectivity index (χ1n) is 9.39. The fourth-order valence-electron chi connectivity index (χ4n) is 3.25. The summed E-state index contributed by atoms with van der Waals surface area (Å²) in [6, 6.07) is 15.4. The molecule has 0 fully saturated rings. The molecule has 1 aromatic heterocycles. The molecule has 1 atom stereocenters. The molecule has 0 bridgehead atoms. The van der Waals surface area contributed by atoms with Crippen LogP contribution in [0.3, 0.4) is 0 Å². The normalized spacial score (nSPS) is 15.5. The second-order valence-corrected chi connectivity index (χ2v) is 8.03. The molecule has 2 aromatic carbocycles. The Balaban J connectivity index is 1.29. The number of rotatable bonds is 6. The molecule has 2 N–H and O–H groups in total. The van der Waals surface area contributed by atoms with Crippen molar-refractivity contribution in [2.45, 2.75) is 29.3 Å². The van der Waals surface area contributed by atoms with Crippen molar-refractivity contribution in [1.29, 1.82) is 0 Å². The second kappa shape index (κ2) is 8.48. The Morgan fingerprint density at radius 2 is 2.03 bits per heavy atom. The van der Waals surface area contributed by atoms with Crippen LogP contribution in [0, 0.1) is 5.92 Å². The lowest BCUT2D eigenvalue weighted by Gasteiger charge is -2.24. The molecule has 1 aliphatic heterocycles. The molecule has 148 valence electrons. The summed E-state index contributed by atoms with van der Waals surface area (Å²) in [7, 11) is 1.89. The van der Waals surface area contributed by atoms with Gasteiger partial charge in [-0.1, -0.05) is 18.2 Å². The van der Waals surface area contributed by atoms with Crippen molar-refractivity contribution in [3.05, 3.63) is 60.4 Å². The number of aryl methyl sites for hydroxylation is 1. The summed E-state index contributed by atoms with van der Waals surface area (Å²) >= 11 is 1.50. The van der Waals surface area contributed by atoms with E-state index in [0.717, 1.165) is 27.0 Å². The summed E-state index contributed by atoms with van der Waals surface area (Å²) in [5, 5.41) is 14.5. The molecule has 0 aliphatic carbocycles. The number of anilines is 2. The lowest BCUT2D eigenvalue weighted by molar-refractivity contribution is -0.121. The first-order valence-corrected chi connectivity index (χ1v) is 10.2. The number of nitrogens with one attached hydrogen (secondary N) is 2. The number of benzene rings is 2. The molecule has 7 nitrogen and oxygen atoms in total. The molecule has 8 heteroatoms. The van der Waals surface area contributed by atoms with E-state index in [4.69, 9.17) is 0 Å². The summed E-state index contributed by atoms with van der Waals surface area (Å²) in [6.07, 6.45) is 3.15. The van der Waals surface area contributed by atoms with Gasteiger partial charge in [-0.15, -0.1) is 10.2 Å². The van der Waals surface area contributed by atoms with Gasteiger partial charge in [0.05, 0.1) is 0 Å². The highest BCUT2D eigenvalue weighted by molar-refractivity contribution is 7.99. The van der Waals surface area contributed by atoms with Crippen molar-refractivity contribution in [2.24, 2.45) is 13.0 Å². The third kappa shape index (κ3) is 4.65. The standard InChI is InChI=1S/C21H21N5O2S/c1-26-13-22-25-21(26)29-17-9-7-16(8-10-17)23-19(27)11-6-15-12-14-4-2-3-5-18(14)24-20(15)28/h2-5,7-10,13,15H,6,11-12H2,1H3,(H,23,27)(H,24,28). The van der Waals surface area contributed by atoms with Crippen LogP contribution in [0.1, 0.15) is 18.4 Å². The van der Waals surface area contributed by atoms with Crippen LogP contribution in [-0.2, 0) is 23.1 Å². The van der Waals surface area contributed by atoms with Gasteiger partial charge in [-0.25, -0.2) is 0 Å². The molecule has 0 radical (unpaired) electrons. The molecule has 29 heavy (non-hydrogen) atoms. The molecule has 0 spiro atoms.